The summed E-state index contributed by atoms with van der Waals surface area (Å²) in [7, 11) is -3.72. The summed E-state index contributed by atoms with van der Waals surface area (Å²) in [5, 5.41) is 8.97. The summed E-state index contributed by atoms with van der Waals surface area (Å²) in [6.45, 7) is 0.336. The van der Waals surface area contributed by atoms with Crippen molar-refractivity contribution in [2.45, 2.75) is 42.4 Å². The smallest absolute Gasteiger partial charge is 0.242 e. The highest BCUT2D eigenvalue weighted by Crippen LogP contribution is 2.40. The van der Waals surface area contributed by atoms with Gasteiger partial charge in [-0.3, -0.25) is 4.98 Å². The van der Waals surface area contributed by atoms with Crippen LogP contribution in [-0.2, 0) is 15.4 Å². The van der Waals surface area contributed by atoms with E-state index in [0.717, 1.165) is 35.7 Å². The molecular weight excluding hydrogens is 414 g/mol. The van der Waals surface area contributed by atoms with Gasteiger partial charge < -0.3 is 0 Å². The second kappa shape index (κ2) is 7.87. The molecular formula is C19H20BrN3O2S. The number of nitrogens with one attached hydrogen (secondary N) is 1. The number of pyridine rings is 1. The SMILES string of the molecule is N#Cc1cncc(S(=O)(=O)NCC2(c3cccc(Br)c3)CCCCC2)c1. The molecule has 1 aliphatic carbocycles. The maximum atomic E-state index is 12.7. The molecule has 0 bridgehead atoms. The number of benzene rings is 1. The van der Waals surface area contributed by atoms with Gasteiger partial charge in [0.1, 0.15) is 11.0 Å². The molecule has 1 heterocycles. The minimum Gasteiger partial charge on any atom is -0.262 e. The lowest BCUT2D eigenvalue weighted by Gasteiger charge is -2.38. The van der Waals surface area contributed by atoms with E-state index in [-0.39, 0.29) is 15.9 Å². The van der Waals surface area contributed by atoms with Crippen LogP contribution in [0.15, 0.2) is 52.1 Å². The maximum Gasteiger partial charge on any atom is 0.242 e. The summed E-state index contributed by atoms with van der Waals surface area (Å²) in [4.78, 5) is 3.88. The zero-order valence-corrected chi connectivity index (χ0v) is 16.7. The van der Waals surface area contributed by atoms with Crippen LogP contribution in [0.1, 0.15) is 43.2 Å². The van der Waals surface area contributed by atoms with Gasteiger partial charge in [0.15, 0.2) is 0 Å². The molecule has 0 spiro atoms. The molecule has 1 saturated carbocycles. The molecule has 3 rings (SSSR count). The second-order valence-electron chi connectivity index (χ2n) is 6.70. The lowest BCUT2D eigenvalue weighted by atomic mass is 9.69. The predicted molar refractivity (Wildman–Crippen MR) is 103 cm³/mol. The molecule has 1 aliphatic rings. The highest BCUT2D eigenvalue weighted by Gasteiger charge is 2.35. The van der Waals surface area contributed by atoms with E-state index in [9.17, 15) is 8.42 Å². The molecule has 26 heavy (non-hydrogen) atoms. The van der Waals surface area contributed by atoms with Crippen LogP contribution in [0, 0.1) is 11.3 Å². The van der Waals surface area contributed by atoms with Crippen molar-refractivity contribution in [3.05, 3.63) is 58.3 Å². The van der Waals surface area contributed by atoms with Gasteiger partial charge in [0.05, 0.1) is 5.56 Å². The van der Waals surface area contributed by atoms with Crippen LogP contribution < -0.4 is 4.72 Å². The summed E-state index contributed by atoms with van der Waals surface area (Å²) >= 11 is 3.52. The van der Waals surface area contributed by atoms with Crippen LogP contribution in [0.4, 0.5) is 0 Å². The molecule has 0 saturated heterocycles. The summed E-state index contributed by atoms with van der Waals surface area (Å²) in [5.41, 5.74) is 1.17. The van der Waals surface area contributed by atoms with E-state index in [4.69, 9.17) is 5.26 Å². The topological polar surface area (TPSA) is 82.8 Å². The minimum absolute atomic E-state index is 0.0248. The average Bonchev–Trinajstić information content (AvgIpc) is 2.67. The van der Waals surface area contributed by atoms with Gasteiger partial charge in [-0.1, -0.05) is 47.3 Å². The van der Waals surface area contributed by atoms with Gasteiger partial charge in [-0.2, -0.15) is 5.26 Å². The number of sulfonamides is 1. The van der Waals surface area contributed by atoms with Crippen molar-refractivity contribution in [1.82, 2.24) is 9.71 Å². The normalized spacial score (nSPS) is 16.8. The lowest BCUT2D eigenvalue weighted by molar-refractivity contribution is 0.292. The number of hydrogen-bond acceptors (Lipinski definition) is 4. The summed E-state index contributed by atoms with van der Waals surface area (Å²) in [6.07, 6.45) is 7.86. The standard InChI is InChI=1S/C19H20BrN3O2S/c20-17-6-4-5-16(10-17)19(7-2-1-3-8-19)14-23-26(24,25)18-9-15(11-21)12-22-13-18/h4-6,9-10,12-13,23H,1-3,7-8,14H2. The Labute approximate surface area is 162 Å². The summed E-state index contributed by atoms with van der Waals surface area (Å²) in [5.74, 6) is 0. The second-order valence-corrected chi connectivity index (χ2v) is 9.38. The van der Waals surface area contributed by atoms with Crippen LogP contribution in [-0.4, -0.2) is 19.9 Å². The first-order valence-electron chi connectivity index (χ1n) is 8.56. The van der Waals surface area contributed by atoms with Crippen LogP contribution in [0.25, 0.3) is 0 Å². The molecule has 7 heteroatoms. The molecule has 5 nitrogen and oxygen atoms in total. The Morgan fingerprint density at radius 2 is 1.96 bits per heavy atom. The van der Waals surface area contributed by atoms with Gasteiger partial charge in [-0.05, 0) is 36.6 Å². The first-order chi connectivity index (χ1) is 12.5. The van der Waals surface area contributed by atoms with Gasteiger partial charge >= 0.3 is 0 Å². The molecule has 0 radical (unpaired) electrons. The number of aromatic nitrogens is 1. The van der Waals surface area contributed by atoms with Crippen molar-refractivity contribution in [3.63, 3.8) is 0 Å². The van der Waals surface area contributed by atoms with Gasteiger partial charge in [0, 0.05) is 28.8 Å². The summed E-state index contributed by atoms with van der Waals surface area (Å²) in [6, 6.07) is 11.4. The Bertz CT molecular complexity index is 932. The quantitative estimate of drug-likeness (QED) is 0.774. The Hall–Kier alpha value is -1.75. The first-order valence-corrected chi connectivity index (χ1v) is 10.8. The van der Waals surface area contributed by atoms with Crippen molar-refractivity contribution >= 4 is 26.0 Å². The third kappa shape index (κ3) is 4.14. The average molecular weight is 434 g/mol. The van der Waals surface area contributed by atoms with Gasteiger partial charge in [0.25, 0.3) is 0 Å². The van der Waals surface area contributed by atoms with Gasteiger partial charge in [-0.15, -0.1) is 0 Å². The fourth-order valence-corrected chi connectivity index (χ4v) is 5.07. The molecule has 136 valence electrons. The van der Waals surface area contributed by atoms with E-state index < -0.39 is 10.0 Å². The summed E-state index contributed by atoms with van der Waals surface area (Å²) < 4.78 is 29.2. The Morgan fingerprint density at radius 1 is 1.19 bits per heavy atom. The molecule has 2 aromatic rings. The van der Waals surface area contributed by atoms with E-state index in [2.05, 4.69) is 37.8 Å². The number of halogens is 1. The van der Waals surface area contributed by atoms with Gasteiger partial charge in [0.2, 0.25) is 10.0 Å². The number of nitrogens with zero attached hydrogens (tertiary/aromatic N) is 2. The zero-order chi connectivity index (χ0) is 18.6. The third-order valence-corrected chi connectivity index (χ3v) is 6.86. The number of hydrogen-bond donors (Lipinski definition) is 1. The van der Waals surface area contributed by atoms with E-state index in [0.29, 0.717) is 6.54 Å². The van der Waals surface area contributed by atoms with Gasteiger partial charge in [-0.25, -0.2) is 13.1 Å². The number of nitriles is 1. The van der Waals surface area contributed by atoms with E-state index >= 15 is 0 Å². The molecule has 1 aromatic heterocycles. The van der Waals surface area contributed by atoms with Crippen molar-refractivity contribution in [2.24, 2.45) is 0 Å². The van der Waals surface area contributed by atoms with E-state index in [1.807, 2.05) is 18.2 Å². The Balaban J connectivity index is 1.87. The van der Waals surface area contributed by atoms with E-state index in [1.165, 1.54) is 24.9 Å². The van der Waals surface area contributed by atoms with Crippen molar-refractivity contribution in [2.75, 3.05) is 6.54 Å². The molecule has 0 amide bonds. The fourth-order valence-electron chi connectivity index (χ4n) is 3.56. The molecule has 1 aromatic carbocycles. The molecule has 0 atom stereocenters. The van der Waals surface area contributed by atoms with Crippen LogP contribution in [0.5, 0.6) is 0 Å². The highest BCUT2D eigenvalue weighted by molar-refractivity contribution is 9.10. The van der Waals surface area contributed by atoms with Crippen LogP contribution >= 0.6 is 15.9 Å². The fraction of sp³-hybridized carbons (Fsp3) is 0.368. The molecule has 0 aliphatic heterocycles. The maximum absolute atomic E-state index is 12.7. The monoisotopic (exact) mass is 433 g/mol. The molecule has 1 N–H and O–H groups in total. The molecule has 0 unspecified atom stereocenters. The Morgan fingerprint density at radius 3 is 2.65 bits per heavy atom. The minimum atomic E-state index is -3.72. The predicted octanol–water partition coefficient (Wildman–Crippen LogP) is 3.90. The van der Waals surface area contributed by atoms with Crippen molar-refractivity contribution < 1.29 is 8.42 Å². The lowest BCUT2D eigenvalue weighted by Crippen LogP contribution is -2.42. The number of rotatable bonds is 5. The van der Waals surface area contributed by atoms with Crippen LogP contribution in [0.3, 0.4) is 0 Å². The van der Waals surface area contributed by atoms with Crippen LogP contribution in [0.2, 0.25) is 0 Å². The van der Waals surface area contributed by atoms with Crippen molar-refractivity contribution in [1.29, 1.82) is 5.26 Å². The largest absolute Gasteiger partial charge is 0.262 e. The molecule has 1 fully saturated rings. The van der Waals surface area contributed by atoms with Crippen molar-refractivity contribution in [3.8, 4) is 6.07 Å². The third-order valence-electron chi connectivity index (χ3n) is 5.00. The first kappa shape index (κ1) is 19.0. The zero-order valence-electron chi connectivity index (χ0n) is 14.3. The highest BCUT2D eigenvalue weighted by atomic mass is 79.9. The van der Waals surface area contributed by atoms with E-state index in [1.54, 1.807) is 0 Å². The Kier molecular flexibility index (Phi) is 5.76.